The highest BCUT2D eigenvalue weighted by atomic mass is 19.1. The van der Waals surface area contributed by atoms with Gasteiger partial charge in [0.25, 0.3) is 0 Å². The van der Waals surface area contributed by atoms with Crippen LogP contribution in [0.2, 0.25) is 0 Å². The standard InChI is InChI=1S/C12H15FN4O3/c1-6-8(13)2-7(12(15)20)3-9(6)17-11(19)5-16-10(18)4-14/h2-3H,4-5,14H2,1H3,(H2,15,20)(H,16,18)(H,17,19). The summed E-state index contributed by atoms with van der Waals surface area (Å²) in [5.74, 6) is -2.54. The van der Waals surface area contributed by atoms with Crippen molar-refractivity contribution in [1.29, 1.82) is 0 Å². The molecular formula is C12H15FN4O3. The first-order valence-electron chi connectivity index (χ1n) is 5.71. The molecule has 7 nitrogen and oxygen atoms in total. The van der Waals surface area contributed by atoms with E-state index in [4.69, 9.17) is 11.5 Å². The van der Waals surface area contributed by atoms with Gasteiger partial charge < -0.3 is 22.1 Å². The van der Waals surface area contributed by atoms with E-state index >= 15 is 0 Å². The van der Waals surface area contributed by atoms with Crippen LogP contribution in [0.1, 0.15) is 15.9 Å². The average molecular weight is 282 g/mol. The second-order valence-corrected chi connectivity index (χ2v) is 4.02. The fourth-order valence-corrected chi connectivity index (χ4v) is 1.40. The molecule has 0 unspecified atom stereocenters. The lowest BCUT2D eigenvalue weighted by Crippen LogP contribution is -2.36. The van der Waals surface area contributed by atoms with Crippen molar-refractivity contribution >= 4 is 23.4 Å². The van der Waals surface area contributed by atoms with E-state index in [2.05, 4.69) is 10.6 Å². The van der Waals surface area contributed by atoms with Crippen LogP contribution in [0.25, 0.3) is 0 Å². The fraction of sp³-hybridized carbons (Fsp3) is 0.250. The van der Waals surface area contributed by atoms with Gasteiger partial charge in [-0.15, -0.1) is 0 Å². The molecule has 1 aromatic carbocycles. The average Bonchev–Trinajstić information content (AvgIpc) is 2.40. The number of anilines is 1. The first-order chi connectivity index (χ1) is 9.35. The highest BCUT2D eigenvalue weighted by molar-refractivity contribution is 5.98. The van der Waals surface area contributed by atoms with Crippen molar-refractivity contribution in [2.24, 2.45) is 11.5 Å². The summed E-state index contributed by atoms with van der Waals surface area (Å²) in [4.78, 5) is 33.5. The maximum Gasteiger partial charge on any atom is 0.248 e. The molecule has 20 heavy (non-hydrogen) atoms. The molecule has 0 atom stereocenters. The van der Waals surface area contributed by atoms with Crippen LogP contribution in [0, 0.1) is 12.7 Å². The Hall–Kier alpha value is -2.48. The van der Waals surface area contributed by atoms with E-state index in [9.17, 15) is 18.8 Å². The van der Waals surface area contributed by atoms with E-state index in [0.29, 0.717) is 0 Å². The number of amides is 3. The summed E-state index contributed by atoms with van der Waals surface area (Å²) in [6, 6.07) is 2.26. The molecule has 0 radical (unpaired) electrons. The zero-order valence-corrected chi connectivity index (χ0v) is 10.8. The summed E-state index contributed by atoms with van der Waals surface area (Å²) in [6.07, 6.45) is 0. The Morgan fingerprint density at radius 2 is 1.90 bits per heavy atom. The molecular weight excluding hydrogens is 267 g/mol. The molecule has 6 N–H and O–H groups in total. The van der Waals surface area contributed by atoms with Gasteiger partial charge in [-0.05, 0) is 19.1 Å². The van der Waals surface area contributed by atoms with Crippen LogP contribution in [-0.4, -0.2) is 30.8 Å². The minimum atomic E-state index is -0.809. The lowest BCUT2D eigenvalue weighted by Gasteiger charge is -2.11. The van der Waals surface area contributed by atoms with Crippen LogP contribution < -0.4 is 22.1 Å². The predicted molar refractivity (Wildman–Crippen MR) is 70.3 cm³/mol. The number of nitrogens with one attached hydrogen (secondary N) is 2. The van der Waals surface area contributed by atoms with Crippen molar-refractivity contribution in [2.75, 3.05) is 18.4 Å². The summed E-state index contributed by atoms with van der Waals surface area (Å²) in [6.45, 7) is 0.893. The normalized spacial score (nSPS) is 9.95. The van der Waals surface area contributed by atoms with E-state index < -0.39 is 23.5 Å². The lowest BCUT2D eigenvalue weighted by molar-refractivity contribution is -0.123. The number of hydrogen-bond acceptors (Lipinski definition) is 4. The molecule has 8 heteroatoms. The molecule has 0 aliphatic heterocycles. The number of primary amides is 1. The molecule has 0 saturated carbocycles. The van der Waals surface area contributed by atoms with Gasteiger partial charge in [0, 0.05) is 16.8 Å². The summed E-state index contributed by atoms with van der Waals surface area (Å²) in [5.41, 5.74) is 10.3. The molecule has 0 fully saturated rings. The largest absolute Gasteiger partial charge is 0.366 e. The van der Waals surface area contributed by atoms with Crippen molar-refractivity contribution in [2.45, 2.75) is 6.92 Å². The van der Waals surface area contributed by atoms with E-state index in [1.165, 1.54) is 13.0 Å². The second kappa shape index (κ2) is 6.62. The first kappa shape index (κ1) is 15.6. The van der Waals surface area contributed by atoms with Crippen LogP contribution in [-0.2, 0) is 9.59 Å². The third-order valence-corrected chi connectivity index (χ3v) is 2.53. The minimum absolute atomic E-state index is 0.0607. The van der Waals surface area contributed by atoms with Crippen molar-refractivity contribution in [3.8, 4) is 0 Å². The quantitative estimate of drug-likeness (QED) is 0.566. The number of carbonyl (C=O) groups is 3. The predicted octanol–water partition coefficient (Wildman–Crippen LogP) is -0.754. The fourth-order valence-electron chi connectivity index (χ4n) is 1.40. The maximum atomic E-state index is 13.6. The molecule has 0 heterocycles. The molecule has 108 valence electrons. The SMILES string of the molecule is Cc1c(F)cc(C(N)=O)cc1NC(=O)CNC(=O)CN. The van der Waals surface area contributed by atoms with E-state index in [-0.39, 0.29) is 29.9 Å². The summed E-state index contributed by atoms with van der Waals surface area (Å²) < 4.78 is 13.6. The number of carbonyl (C=O) groups excluding carboxylic acids is 3. The van der Waals surface area contributed by atoms with Crippen LogP contribution >= 0.6 is 0 Å². The topological polar surface area (TPSA) is 127 Å². The summed E-state index contributed by atoms with van der Waals surface area (Å²) in [5, 5.41) is 4.65. The van der Waals surface area contributed by atoms with Crippen LogP contribution in [0.5, 0.6) is 0 Å². The van der Waals surface area contributed by atoms with Crippen molar-refractivity contribution < 1.29 is 18.8 Å². The Morgan fingerprint density at radius 3 is 2.45 bits per heavy atom. The molecule has 1 rings (SSSR count). The number of rotatable bonds is 5. The Labute approximate surface area is 114 Å². The molecule has 0 aliphatic rings. The Bertz CT molecular complexity index is 560. The Morgan fingerprint density at radius 1 is 1.25 bits per heavy atom. The maximum absolute atomic E-state index is 13.6. The van der Waals surface area contributed by atoms with Gasteiger partial charge in [-0.2, -0.15) is 0 Å². The van der Waals surface area contributed by atoms with Crippen LogP contribution in [0.15, 0.2) is 12.1 Å². The monoisotopic (exact) mass is 282 g/mol. The number of nitrogens with two attached hydrogens (primary N) is 2. The minimum Gasteiger partial charge on any atom is -0.366 e. The first-order valence-corrected chi connectivity index (χ1v) is 5.71. The van der Waals surface area contributed by atoms with Gasteiger partial charge in [0.2, 0.25) is 17.7 Å². The summed E-state index contributed by atoms with van der Waals surface area (Å²) in [7, 11) is 0. The van der Waals surface area contributed by atoms with Crippen molar-refractivity contribution in [3.63, 3.8) is 0 Å². The zero-order valence-electron chi connectivity index (χ0n) is 10.8. The van der Waals surface area contributed by atoms with Gasteiger partial charge in [-0.1, -0.05) is 0 Å². The third kappa shape index (κ3) is 4.02. The number of hydrogen-bond donors (Lipinski definition) is 4. The molecule has 1 aromatic rings. The summed E-state index contributed by atoms with van der Waals surface area (Å²) >= 11 is 0. The molecule has 0 saturated heterocycles. The molecule has 0 bridgehead atoms. The van der Waals surface area contributed by atoms with Crippen LogP contribution in [0.3, 0.4) is 0 Å². The van der Waals surface area contributed by atoms with Gasteiger partial charge >= 0.3 is 0 Å². The van der Waals surface area contributed by atoms with Gasteiger partial charge in [0.15, 0.2) is 0 Å². The Balaban J connectivity index is 2.83. The van der Waals surface area contributed by atoms with Gasteiger partial charge in [-0.25, -0.2) is 4.39 Å². The van der Waals surface area contributed by atoms with E-state index in [1.54, 1.807) is 0 Å². The van der Waals surface area contributed by atoms with Gasteiger partial charge in [0.1, 0.15) is 5.82 Å². The molecule has 0 aliphatic carbocycles. The van der Waals surface area contributed by atoms with Crippen molar-refractivity contribution in [3.05, 3.63) is 29.1 Å². The smallest absolute Gasteiger partial charge is 0.248 e. The van der Waals surface area contributed by atoms with Crippen LogP contribution in [0.4, 0.5) is 10.1 Å². The highest BCUT2D eigenvalue weighted by Gasteiger charge is 2.13. The Kier molecular flexibility index (Phi) is 5.15. The second-order valence-electron chi connectivity index (χ2n) is 4.02. The molecule has 3 amide bonds. The molecule has 0 aromatic heterocycles. The zero-order chi connectivity index (χ0) is 15.3. The van der Waals surface area contributed by atoms with Crippen molar-refractivity contribution in [1.82, 2.24) is 5.32 Å². The van der Waals surface area contributed by atoms with E-state index in [1.807, 2.05) is 0 Å². The molecule has 0 spiro atoms. The van der Waals surface area contributed by atoms with E-state index in [0.717, 1.165) is 6.07 Å². The van der Waals surface area contributed by atoms with Gasteiger partial charge in [-0.3, -0.25) is 14.4 Å². The van der Waals surface area contributed by atoms with Gasteiger partial charge in [0.05, 0.1) is 13.1 Å². The number of benzene rings is 1. The number of halogens is 1. The lowest BCUT2D eigenvalue weighted by atomic mass is 10.1. The highest BCUT2D eigenvalue weighted by Crippen LogP contribution is 2.20. The third-order valence-electron chi connectivity index (χ3n) is 2.53.